The summed E-state index contributed by atoms with van der Waals surface area (Å²) in [6.45, 7) is 3.52. The maximum absolute atomic E-state index is 12.6. The van der Waals surface area contributed by atoms with Crippen LogP contribution >= 0.6 is 0 Å². The zero-order valence-electron chi connectivity index (χ0n) is 14.7. The lowest BCUT2D eigenvalue weighted by molar-refractivity contribution is 0.319. The summed E-state index contributed by atoms with van der Waals surface area (Å²) in [5.74, 6) is 0.864. The van der Waals surface area contributed by atoms with Crippen molar-refractivity contribution in [3.8, 4) is 0 Å². The first-order chi connectivity index (χ1) is 12.0. The summed E-state index contributed by atoms with van der Waals surface area (Å²) >= 11 is 0. The SMILES string of the molecule is Cc1nnc(N2CCCC(N(C)S(=O)(=O)C3CC3)C2)c2ccccc12. The van der Waals surface area contributed by atoms with Crippen molar-refractivity contribution in [3.05, 3.63) is 30.0 Å². The highest BCUT2D eigenvalue weighted by atomic mass is 32.2. The fraction of sp³-hybridized carbons (Fsp3) is 0.556. The van der Waals surface area contributed by atoms with Crippen molar-refractivity contribution in [2.75, 3.05) is 25.0 Å². The quantitative estimate of drug-likeness (QED) is 0.837. The molecule has 6 nitrogen and oxygen atoms in total. The number of fused-ring (bicyclic) bond motifs is 1. The second kappa shape index (κ2) is 6.21. The minimum Gasteiger partial charge on any atom is -0.353 e. The Balaban J connectivity index is 1.63. The molecule has 2 aliphatic rings. The van der Waals surface area contributed by atoms with Crippen LogP contribution in [0.1, 0.15) is 31.4 Å². The molecule has 0 bridgehead atoms. The predicted molar refractivity (Wildman–Crippen MR) is 99.2 cm³/mol. The van der Waals surface area contributed by atoms with Crippen molar-refractivity contribution < 1.29 is 8.42 Å². The second-order valence-electron chi connectivity index (χ2n) is 7.16. The van der Waals surface area contributed by atoms with Gasteiger partial charge in [0.05, 0.1) is 10.9 Å². The van der Waals surface area contributed by atoms with Gasteiger partial charge in [-0.15, -0.1) is 5.10 Å². The Bertz CT molecular complexity index is 895. The van der Waals surface area contributed by atoms with Gasteiger partial charge in [-0.05, 0) is 32.6 Å². The predicted octanol–water partition coefficient (Wildman–Crippen LogP) is 2.33. The Kier molecular flexibility index (Phi) is 4.16. The molecule has 2 heterocycles. The third-order valence-corrected chi connectivity index (χ3v) is 7.82. The topological polar surface area (TPSA) is 66.4 Å². The molecule has 1 aromatic carbocycles. The molecule has 1 atom stereocenters. The second-order valence-corrected chi connectivity index (χ2v) is 9.43. The standard InChI is InChI=1S/C18H24N4O2S/c1-13-16-7-3-4-8-17(16)18(20-19-13)22-11-5-6-14(12-22)21(2)25(23,24)15-9-10-15/h3-4,7-8,14-15H,5-6,9-12H2,1-2H3. The van der Waals surface area contributed by atoms with Crippen molar-refractivity contribution in [1.29, 1.82) is 0 Å². The molecular weight excluding hydrogens is 336 g/mol. The maximum Gasteiger partial charge on any atom is 0.217 e. The number of hydrogen-bond donors (Lipinski definition) is 0. The van der Waals surface area contributed by atoms with Gasteiger partial charge in [0.1, 0.15) is 0 Å². The number of anilines is 1. The number of benzene rings is 1. The molecule has 0 N–H and O–H groups in total. The molecule has 7 heteroatoms. The van der Waals surface area contributed by atoms with Gasteiger partial charge in [0.2, 0.25) is 10.0 Å². The van der Waals surface area contributed by atoms with Crippen molar-refractivity contribution in [2.45, 2.75) is 43.9 Å². The van der Waals surface area contributed by atoms with Crippen molar-refractivity contribution in [2.24, 2.45) is 0 Å². The molecule has 2 fully saturated rings. The fourth-order valence-corrected chi connectivity index (χ4v) is 5.50. The van der Waals surface area contributed by atoms with Crippen molar-refractivity contribution in [1.82, 2.24) is 14.5 Å². The number of sulfonamides is 1. The van der Waals surface area contributed by atoms with E-state index in [4.69, 9.17) is 0 Å². The van der Waals surface area contributed by atoms with Crippen molar-refractivity contribution in [3.63, 3.8) is 0 Å². The average molecular weight is 360 g/mol. The molecule has 0 radical (unpaired) electrons. The number of piperidine rings is 1. The lowest BCUT2D eigenvalue weighted by Crippen LogP contribution is -2.49. The number of hydrogen-bond acceptors (Lipinski definition) is 5. The Morgan fingerprint density at radius 2 is 1.84 bits per heavy atom. The Labute approximate surface area is 148 Å². The number of rotatable bonds is 4. The normalized spacial score (nSPS) is 21.9. The van der Waals surface area contributed by atoms with Gasteiger partial charge in [-0.2, -0.15) is 9.40 Å². The van der Waals surface area contributed by atoms with E-state index in [-0.39, 0.29) is 11.3 Å². The van der Waals surface area contributed by atoms with Gasteiger partial charge >= 0.3 is 0 Å². The summed E-state index contributed by atoms with van der Waals surface area (Å²) in [4.78, 5) is 2.20. The number of nitrogens with zero attached hydrogens (tertiary/aromatic N) is 4. The van der Waals surface area contributed by atoms with E-state index in [2.05, 4.69) is 27.2 Å². The van der Waals surface area contributed by atoms with Gasteiger partial charge in [-0.1, -0.05) is 24.3 Å². The molecule has 1 aliphatic carbocycles. The van der Waals surface area contributed by atoms with Gasteiger partial charge in [0.15, 0.2) is 5.82 Å². The molecule has 1 saturated heterocycles. The summed E-state index contributed by atoms with van der Waals surface area (Å²) in [5.41, 5.74) is 0.918. The Morgan fingerprint density at radius 3 is 2.56 bits per heavy atom. The molecular formula is C18H24N4O2S. The van der Waals surface area contributed by atoms with E-state index in [1.54, 1.807) is 11.4 Å². The molecule has 1 saturated carbocycles. The molecule has 0 amide bonds. The maximum atomic E-state index is 12.6. The molecule has 4 rings (SSSR count). The van der Waals surface area contributed by atoms with Gasteiger partial charge < -0.3 is 4.90 Å². The van der Waals surface area contributed by atoms with Gasteiger partial charge in [0.25, 0.3) is 0 Å². The molecule has 134 valence electrons. The highest BCUT2D eigenvalue weighted by Crippen LogP contribution is 2.34. The Morgan fingerprint density at radius 1 is 1.12 bits per heavy atom. The van der Waals surface area contributed by atoms with E-state index in [9.17, 15) is 8.42 Å². The Hall–Kier alpha value is -1.73. The van der Waals surface area contributed by atoms with Crippen LogP contribution in [0.3, 0.4) is 0 Å². The average Bonchev–Trinajstić information content (AvgIpc) is 3.47. The van der Waals surface area contributed by atoms with Crippen LogP contribution in [0, 0.1) is 6.92 Å². The van der Waals surface area contributed by atoms with E-state index in [0.717, 1.165) is 54.5 Å². The van der Waals surface area contributed by atoms with Crippen LogP contribution in [0.15, 0.2) is 24.3 Å². The van der Waals surface area contributed by atoms with Crippen molar-refractivity contribution >= 4 is 26.6 Å². The summed E-state index contributed by atoms with van der Waals surface area (Å²) in [6, 6.07) is 8.16. The number of likely N-dealkylation sites (N-methyl/N-ethyl adjacent to an activating group) is 1. The molecule has 2 aromatic rings. The number of aryl methyl sites for hydroxylation is 1. The molecule has 1 unspecified atom stereocenters. The van der Waals surface area contributed by atoms with Crippen LogP contribution in [-0.2, 0) is 10.0 Å². The first-order valence-corrected chi connectivity index (χ1v) is 10.4. The van der Waals surface area contributed by atoms with E-state index in [0.29, 0.717) is 6.54 Å². The minimum atomic E-state index is -3.15. The van der Waals surface area contributed by atoms with E-state index < -0.39 is 10.0 Å². The van der Waals surface area contributed by atoms with Crippen LogP contribution in [0.2, 0.25) is 0 Å². The van der Waals surface area contributed by atoms with Crippen LogP contribution in [0.5, 0.6) is 0 Å². The summed E-state index contributed by atoms with van der Waals surface area (Å²) in [6.07, 6.45) is 3.46. The molecule has 25 heavy (non-hydrogen) atoms. The molecule has 0 spiro atoms. The van der Waals surface area contributed by atoms with Crippen LogP contribution in [0.25, 0.3) is 10.8 Å². The smallest absolute Gasteiger partial charge is 0.217 e. The van der Waals surface area contributed by atoms with E-state index in [1.807, 2.05) is 19.1 Å². The molecule has 1 aromatic heterocycles. The van der Waals surface area contributed by atoms with Crippen LogP contribution < -0.4 is 4.90 Å². The zero-order valence-corrected chi connectivity index (χ0v) is 15.5. The van der Waals surface area contributed by atoms with E-state index in [1.165, 1.54) is 0 Å². The third kappa shape index (κ3) is 3.00. The van der Waals surface area contributed by atoms with Gasteiger partial charge in [-0.25, -0.2) is 8.42 Å². The first kappa shape index (κ1) is 16.7. The van der Waals surface area contributed by atoms with Gasteiger partial charge in [-0.3, -0.25) is 0 Å². The lowest BCUT2D eigenvalue weighted by Gasteiger charge is -2.37. The largest absolute Gasteiger partial charge is 0.353 e. The fourth-order valence-electron chi connectivity index (χ4n) is 3.71. The lowest BCUT2D eigenvalue weighted by atomic mass is 10.0. The third-order valence-electron chi connectivity index (χ3n) is 5.41. The summed E-state index contributed by atoms with van der Waals surface area (Å²) in [7, 11) is -1.41. The monoisotopic (exact) mass is 360 g/mol. The number of aromatic nitrogens is 2. The highest BCUT2D eigenvalue weighted by Gasteiger charge is 2.41. The minimum absolute atomic E-state index is 0.00113. The van der Waals surface area contributed by atoms with E-state index >= 15 is 0 Å². The zero-order chi connectivity index (χ0) is 17.6. The van der Waals surface area contributed by atoms with Crippen LogP contribution in [-0.4, -0.2) is 54.3 Å². The van der Waals surface area contributed by atoms with Crippen LogP contribution in [0.4, 0.5) is 5.82 Å². The van der Waals surface area contributed by atoms with Gasteiger partial charge in [0, 0.05) is 37.0 Å². The molecule has 1 aliphatic heterocycles. The summed E-state index contributed by atoms with van der Waals surface area (Å²) < 4.78 is 26.8. The summed E-state index contributed by atoms with van der Waals surface area (Å²) in [5, 5.41) is 10.8. The highest BCUT2D eigenvalue weighted by molar-refractivity contribution is 7.90. The first-order valence-electron chi connectivity index (χ1n) is 8.92.